The second-order valence-corrected chi connectivity index (χ2v) is 5.15. The molecule has 2 aromatic carbocycles. The average Bonchev–Trinajstić information content (AvgIpc) is 2.53. The van der Waals surface area contributed by atoms with Crippen molar-refractivity contribution < 1.29 is 14.3 Å². The molecular formula is C17H15BrO3. The van der Waals surface area contributed by atoms with Gasteiger partial charge in [0.15, 0.2) is 0 Å². The Hall–Kier alpha value is -2.07. The number of esters is 1. The van der Waals surface area contributed by atoms with Crippen LogP contribution in [0, 0.1) is 0 Å². The van der Waals surface area contributed by atoms with Crippen molar-refractivity contribution >= 4 is 28.0 Å². The van der Waals surface area contributed by atoms with Gasteiger partial charge in [0.25, 0.3) is 0 Å². The monoisotopic (exact) mass is 346 g/mol. The third kappa shape index (κ3) is 4.46. The molecule has 108 valence electrons. The van der Waals surface area contributed by atoms with E-state index in [4.69, 9.17) is 9.47 Å². The van der Waals surface area contributed by atoms with Crippen LogP contribution >= 0.6 is 15.9 Å². The first-order valence-corrected chi connectivity index (χ1v) is 7.21. The number of methoxy groups -OCH3 is 1. The molecule has 0 aliphatic heterocycles. The number of benzene rings is 2. The largest absolute Gasteiger partial charge is 0.487 e. The fourth-order valence-corrected chi connectivity index (χ4v) is 2.16. The first kappa shape index (κ1) is 15.3. The van der Waals surface area contributed by atoms with Crippen molar-refractivity contribution in [3.63, 3.8) is 0 Å². The van der Waals surface area contributed by atoms with Crippen LogP contribution in [0.4, 0.5) is 0 Å². The summed E-state index contributed by atoms with van der Waals surface area (Å²) in [7, 11) is 1.36. The minimum Gasteiger partial charge on any atom is -0.487 e. The van der Waals surface area contributed by atoms with Gasteiger partial charge in [-0.15, -0.1) is 0 Å². The maximum Gasteiger partial charge on any atom is 0.337 e. The van der Waals surface area contributed by atoms with Gasteiger partial charge in [0.05, 0.1) is 17.2 Å². The van der Waals surface area contributed by atoms with E-state index in [0.717, 1.165) is 10.0 Å². The summed E-state index contributed by atoms with van der Waals surface area (Å²) < 4.78 is 11.3. The van der Waals surface area contributed by atoms with Crippen LogP contribution in [0.3, 0.4) is 0 Å². The lowest BCUT2D eigenvalue weighted by Crippen LogP contribution is -2.12. The van der Waals surface area contributed by atoms with Crippen molar-refractivity contribution in [3.8, 4) is 5.75 Å². The van der Waals surface area contributed by atoms with Gasteiger partial charge < -0.3 is 9.47 Å². The van der Waals surface area contributed by atoms with Crippen LogP contribution < -0.4 is 4.74 Å². The molecule has 0 N–H and O–H groups in total. The lowest BCUT2D eigenvalue weighted by molar-refractivity contribution is -0.136. The topological polar surface area (TPSA) is 35.5 Å². The molecule has 0 aromatic heterocycles. The molecule has 0 fully saturated rings. The Bertz CT molecular complexity index is 635. The fraction of sp³-hybridized carbons (Fsp3) is 0.118. The van der Waals surface area contributed by atoms with Crippen molar-refractivity contribution in [3.05, 3.63) is 70.2 Å². The molecule has 0 aliphatic carbocycles. The molecule has 21 heavy (non-hydrogen) atoms. The van der Waals surface area contributed by atoms with Gasteiger partial charge >= 0.3 is 5.97 Å². The van der Waals surface area contributed by atoms with Crippen LogP contribution in [0.2, 0.25) is 0 Å². The van der Waals surface area contributed by atoms with Gasteiger partial charge in [-0.05, 0) is 39.7 Å². The molecule has 0 saturated carbocycles. The molecule has 0 atom stereocenters. The Morgan fingerprint density at radius 1 is 1.10 bits per heavy atom. The van der Waals surface area contributed by atoms with E-state index in [0.29, 0.717) is 11.3 Å². The maximum absolute atomic E-state index is 11.8. The van der Waals surface area contributed by atoms with E-state index in [2.05, 4.69) is 15.9 Å². The van der Waals surface area contributed by atoms with Gasteiger partial charge in [-0.25, -0.2) is 4.79 Å². The Morgan fingerprint density at radius 3 is 2.43 bits per heavy atom. The van der Waals surface area contributed by atoms with E-state index in [1.807, 2.05) is 54.6 Å². The van der Waals surface area contributed by atoms with E-state index < -0.39 is 5.97 Å². The van der Waals surface area contributed by atoms with Crippen LogP contribution in [0.1, 0.15) is 5.56 Å². The summed E-state index contributed by atoms with van der Waals surface area (Å²) in [6.07, 6.45) is 1.77. The highest BCUT2D eigenvalue weighted by atomic mass is 79.9. The van der Waals surface area contributed by atoms with E-state index in [1.54, 1.807) is 6.08 Å². The first-order chi connectivity index (χ1) is 10.2. The van der Waals surface area contributed by atoms with Crippen LogP contribution in [0.15, 0.2) is 64.6 Å². The molecule has 0 heterocycles. The smallest absolute Gasteiger partial charge is 0.337 e. The summed E-state index contributed by atoms with van der Waals surface area (Å²) in [5.74, 6) is 0.284. The summed E-state index contributed by atoms with van der Waals surface area (Å²) in [5, 5.41) is 0. The number of hydrogen-bond donors (Lipinski definition) is 0. The third-order valence-electron chi connectivity index (χ3n) is 2.81. The molecule has 2 aromatic rings. The summed E-state index contributed by atoms with van der Waals surface area (Å²) >= 11 is 3.41. The standard InChI is InChI=1S/C17H15BrO3/c1-20-17(19)14(11-13-7-3-2-4-8-13)12-21-16-10-6-5-9-15(16)18/h2-11H,12H2,1H3/b14-11-. The SMILES string of the molecule is COC(=O)/C(=C\c1ccccc1)COc1ccccc1Br. The number of para-hydroxylation sites is 1. The Balaban J connectivity index is 2.16. The average molecular weight is 347 g/mol. The molecule has 0 radical (unpaired) electrons. The van der Waals surface area contributed by atoms with Gasteiger partial charge in [-0.2, -0.15) is 0 Å². The predicted octanol–water partition coefficient (Wildman–Crippen LogP) is 4.08. The Morgan fingerprint density at radius 2 is 1.76 bits per heavy atom. The molecule has 2 rings (SSSR count). The van der Waals surface area contributed by atoms with Crippen LogP contribution in [-0.4, -0.2) is 19.7 Å². The van der Waals surface area contributed by atoms with E-state index >= 15 is 0 Å². The zero-order chi connectivity index (χ0) is 15.1. The second kappa shape index (κ2) is 7.64. The van der Waals surface area contributed by atoms with Crippen LogP contribution in [0.5, 0.6) is 5.75 Å². The zero-order valence-corrected chi connectivity index (χ0v) is 13.2. The van der Waals surface area contributed by atoms with Crippen LogP contribution in [0.25, 0.3) is 6.08 Å². The zero-order valence-electron chi connectivity index (χ0n) is 11.6. The second-order valence-electron chi connectivity index (χ2n) is 4.29. The number of carbonyl (C=O) groups is 1. The van der Waals surface area contributed by atoms with Gasteiger partial charge in [0.1, 0.15) is 12.4 Å². The summed E-state index contributed by atoms with van der Waals surface area (Å²) in [5.41, 5.74) is 1.38. The number of carbonyl (C=O) groups excluding carboxylic acids is 1. The highest BCUT2D eigenvalue weighted by Crippen LogP contribution is 2.24. The molecule has 0 amide bonds. The summed E-state index contributed by atoms with van der Waals surface area (Å²) in [6, 6.07) is 17.1. The van der Waals surface area contributed by atoms with Crippen molar-refractivity contribution in [2.24, 2.45) is 0 Å². The third-order valence-corrected chi connectivity index (χ3v) is 3.46. The van der Waals surface area contributed by atoms with Crippen LogP contribution in [-0.2, 0) is 9.53 Å². The molecule has 0 saturated heterocycles. The summed E-state index contributed by atoms with van der Waals surface area (Å²) in [4.78, 5) is 11.8. The molecule has 0 bridgehead atoms. The van der Waals surface area contributed by atoms with Crippen molar-refractivity contribution in [1.82, 2.24) is 0 Å². The maximum atomic E-state index is 11.8. The van der Waals surface area contributed by atoms with Gasteiger partial charge in [0, 0.05) is 0 Å². The van der Waals surface area contributed by atoms with E-state index in [9.17, 15) is 4.79 Å². The van der Waals surface area contributed by atoms with E-state index in [1.165, 1.54) is 7.11 Å². The number of ether oxygens (including phenoxy) is 2. The van der Waals surface area contributed by atoms with Crippen molar-refractivity contribution in [1.29, 1.82) is 0 Å². The fourth-order valence-electron chi connectivity index (χ4n) is 1.76. The van der Waals surface area contributed by atoms with Gasteiger partial charge in [0.2, 0.25) is 0 Å². The minimum atomic E-state index is -0.397. The molecule has 0 aliphatic rings. The minimum absolute atomic E-state index is 0.143. The molecule has 3 nitrogen and oxygen atoms in total. The highest BCUT2D eigenvalue weighted by molar-refractivity contribution is 9.10. The van der Waals surface area contributed by atoms with E-state index in [-0.39, 0.29) is 6.61 Å². The quantitative estimate of drug-likeness (QED) is 0.604. The number of hydrogen-bond acceptors (Lipinski definition) is 3. The summed E-state index contributed by atoms with van der Waals surface area (Å²) in [6.45, 7) is 0.143. The lowest BCUT2D eigenvalue weighted by Gasteiger charge is -2.10. The number of halogens is 1. The number of rotatable bonds is 5. The molecule has 4 heteroatoms. The van der Waals surface area contributed by atoms with Crippen molar-refractivity contribution in [2.45, 2.75) is 0 Å². The highest BCUT2D eigenvalue weighted by Gasteiger charge is 2.11. The Kier molecular flexibility index (Phi) is 5.58. The lowest BCUT2D eigenvalue weighted by atomic mass is 10.1. The normalized spacial score (nSPS) is 11.0. The molecule has 0 unspecified atom stereocenters. The first-order valence-electron chi connectivity index (χ1n) is 6.42. The van der Waals surface area contributed by atoms with Gasteiger partial charge in [-0.1, -0.05) is 42.5 Å². The Labute approximate surface area is 132 Å². The van der Waals surface area contributed by atoms with Gasteiger partial charge in [-0.3, -0.25) is 0 Å². The predicted molar refractivity (Wildman–Crippen MR) is 86.1 cm³/mol. The molecule has 0 spiro atoms. The molecular weight excluding hydrogens is 332 g/mol. The van der Waals surface area contributed by atoms with Crippen molar-refractivity contribution in [2.75, 3.05) is 13.7 Å².